The van der Waals surface area contributed by atoms with Gasteiger partial charge in [-0.2, -0.15) is 0 Å². The second-order valence-electron chi connectivity index (χ2n) is 6.56. The van der Waals surface area contributed by atoms with Crippen molar-refractivity contribution in [1.29, 1.82) is 0 Å². The van der Waals surface area contributed by atoms with Crippen molar-refractivity contribution in [1.82, 2.24) is 14.7 Å². The molecule has 2 fully saturated rings. The topological polar surface area (TPSA) is 64.1 Å². The fraction of sp³-hybridized carbons (Fsp3) is 0.867. The summed E-state index contributed by atoms with van der Waals surface area (Å²) < 4.78 is 0. The molecule has 0 spiro atoms. The average Bonchev–Trinajstić information content (AvgIpc) is 2.46. The normalized spacial score (nSPS) is 28.0. The fourth-order valence-corrected chi connectivity index (χ4v) is 3.53. The Labute approximate surface area is 126 Å². The second-order valence-corrected chi connectivity index (χ2v) is 6.56. The summed E-state index contributed by atoms with van der Waals surface area (Å²) in [6.45, 7) is 3.93. The molecular formula is C15H27N3O3. The third-order valence-corrected chi connectivity index (χ3v) is 4.90. The summed E-state index contributed by atoms with van der Waals surface area (Å²) in [5.74, 6) is -0.849. The molecule has 0 radical (unpaired) electrons. The van der Waals surface area contributed by atoms with E-state index in [1.165, 1.54) is 0 Å². The molecule has 2 unspecified atom stereocenters. The Balaban J connectivity index is 2.00. The van der Waals surface area contributed by atoms with Gasteiger partial charge in [0.2, 0.25) is 0 Å². The van der Waals surface area contributed by atoms with E-state index in [0.717, 1.165) is 38.8 Å². The van der Waals surface area contributed by atoms with Crippen molar-refractivity contribution < 1.29 is 14.7 Å². The van der Waals surface area contributed by atoms with Crippen molar-refractivity contribution in [3.8, 4) is 0 Å². The van der Waals surface area contributed by atoms with Crippen LogP contribution in [-0.4, -0.2) is 77.6 Å². The van der Waals surface area contributed by atoms with Gasteiger partial charge in [0, 0.05) is 25.7 Å². The number of carbonyl (C=O) groups excluding carboxylic acids is 1. The Hall–Kier alpha value is -1.30. The average molecular weight is 297 g/mol. The second kappa shape index (κ2) is 6.64. The molecule has 1 N–H and O–H groups in total. The highest BCUT2D eigenvalue weighted by molar-refractivity contribution is 5.83. The van der Waals surface area contributed by atoms with Gasteiger partial charge in [-0.1, -0.05) is 6.92 Å². The predicted octanol–water partition coefficient (Wildman–Crippen LogP) is 1.32. The van der Waals surface area contributed by atoms with Crippen LogP contribution < -0.4 is 0 Å². The van der Waals surface area contributed by atoms with Gasteiger partial charge >= 0.3 is 12.0 Å². The van der Waals surface area contributed by atoms with Crippen LogP contribution in [0.3, 0.4) is 0 Å². The maximum atomic E-state index is 12.7. The molecule has 2 saturated heterocycles. The van der Waals surface area contributed by atoms with Crippen LogP contribution in [0.1, 0.15) is 32.6 Å². The largest absolute Gasteiger partial charge is 0.480 e. The molecule has 2 aliphatic rings. The minimum atomic E-state index is -0.876. The number of nitrogens with zero attached hydrogens (tertiary/aromatic N) is 3. The van der Waals surface area contributed by atoms with Crippen LogP contribution in [0, 0.1) is 5.92 Å². The van der Waals surface area contributed by atoms with Crippen LogP contribution in [0.2, 0.25) is 0 Å². The lowest BCUT2D eigenvalue weighted by atomic mass is 9.91. The molecular weight excluding hydrogens is 270 g/mol. The van der Waals surface area contributed by atoms with E-state index in [1.807, 2.05) is 11.8 Å². The van der Waals surface area contributed by atoms with Crippen LogP contribution in [0.4, 0.5) is 4.79 Å². The molecule has 0 bridgehead atoms. The Morgan fingerprint density at radius 1 is 1.10 bits per heavy atom. The molecule has 2 amide bonds. The molecule has 2 aliphatic heterocycles. The highest BCUT2D eigenvalue weighted by Gasteiger charge is 2.39. The smallest absolute Gasteiger partial charge is 0.326 e. The third kappa shape index (κ3) is 3.48. The molecule has 6 heteroatoms. The van der Waals surface area contributed by atoms with Crippen molar-refractivity contribution >= 4 is 12.0 Å². The van der Waals surface area contributed by atoms with Gasteiger partial charge in [-0.25, -0.2) is 9.59 Å². The van der Waals surface area contributed by atoms with Gasteiger partial charge in [0.05, 0.1) is 0 Å². The van der Waals surface area contributed by atoms with Crippen LogP contribution in [0.15, 0.2) is 0 Å². The van der Waals surface area contributed by atoms with Gasteiger partial charge in [-0.3, -0.25) is 0 Å². The SMILES string of the molecule is CC1CCCN(C(=O)N2CCC(N(C)C)CC2)C1C(=O)O. The first kappa shape index (κ1) is 16.1. The Kier molecular flexibility index (Phi) is 5.08. The van der Waals surface area contributed by atoms with Gasteiger partial charge in [0.1, 0.15) is 6.04 Å². The van der Waals surface area contributed by atoms with Crippen molar-refractivity contribution in [2.75, 3.05) is 33.7 Å². The predicted molar refractivity (Wildman–Crippen MR) is 80.2 cm³/mol. The Bertz CT molecular complexity index is 392. The van der Waals surface area contributed by atoms with Crippen LogP contribution in [0.5, 0.6) is 0 Å². The van der Waals surface area contributed by atoms with E-state index in [0.29, 0.717) is 12.6 Å². The number of hydrogen-bond acceptors (Lipinski definition) is 3. The van der Waals surface area contributed by atoms with Crippen molar-refractivity contribution in [3.05, 3.63) is 0 Å². The third-order valence-electron chi connectivity index (χ3n) is 4.90. The summed E-state index contributed by atoms with van der Waals surface area (Å²) in [6, 6.07) is -0.242. The van der Waals surface area contributed by atoms with Gasteiger partial charge in [0.15, 0.2) is 0 Å². The molecule has 0 aromatic carbocycles. The standard InChI is InChI=1S/C15H27N3O3/c1-11-5-4-8-18(13(11)14(19)20)15(21)17-9-6-12(7-10-17)16(2)3/h11-13H,4-10H2,1-3H3,(H,19,20). The maximum absolute atomic E-state index is 12.7. The summed E-state index contributed by atoms with van der Waals surface area (Å²) in [4.78, 5) is 29.8. The van der Waals surface area contributed by atoms with Crippen molar-refractivity contribution in [2.45, 2.75) is 44.7 Å². The van der Waals surface area contributed by atoms with E-state index < -0.39 is 12.0 Å². The molecule has 2 atom stereocenters. The number of rotatable bonds is 2. The lowest BCUT2D eigenvalue weighted by molar-refractivity contribution is -0.145. The summed E-state index contributed by atoms with van der Waals surface area (Å²) in [5.41, 5.74) is 0. The molecule has 2 heterocycles. The number of urea groups is 1. The summed E-state index contributed by atoms with van der Waals surface area (Å²) >= 11 is 0. The summed E-state index contributed by atoms with van der Waals surface area (Å²) in [5, 5.41) is 9.42. The molecule has 21 heavy (non-hydrogen) atoms. The molecule has 0 aromatic rings. The molecule has 120 valence electrons. The Morgan fingerprint density at radius 2 is 1.71 bits per heavy atom. The quantitative estimate of drug-likeness (QED) is 0.835. The highest BCUT2D eigenvalue weighted by Crippen LogP contribution is 2.26. The van der Waals surface area contributed by atoms with Crippen LogP contribution in [-0.2, 0) is 4.79 Å². The number of likely N-dealkylation sites (tertiary alicyclic amines) is 2. The fourth-order valence-electron chi connectivity index (χ4n) is 3.53. The van der Waals surface area contributed by atoms with E-state index in [9.17, 15) is 14.7 Å². The number of carboxylic acids is 1. The molecule has 0 aromatic heterocycles. The summed E-state index contributed by atoms with van der Waals surface area (Å²) in [7, 11) is 4.13. The molecule has 6 nitrogen and oxygen atoms in total. The van der Waals surface area contributed by atoms with Gasteiger partial charge < -0.3 is 19.8 Å². The van der Waals surface area contributed by atoms with E-state index in [-0.39, 0.29) is 11.9 Å². The van der Waals surface area contributed by atoms with E-state index >= 15 is 0 Å². The minimum Gasteiger partial charge on any atom is -0.480 e. The molecule has 0 saturated carbocycles. The van der Waals surface area contributed by atoms with Crippen molar-refractivity contribution in [3.63, 3.8) is 0 Å². The monoisotopic (exact) mass is 297 g/mol. The van der Waals surface area contributed by atoms with E-state index in [2.05, 4.69) is 19.0 Å². The first-order chi connectivity index (χ1) is 9.91. The van der Waals surface area contributed by atoms with Crippen LogP contribution >= 0.6 is 0 Å². The molecule has 2 rings (SSSR count). The van der Waals surface area contributed by atoms with Gasteiger partial charge in [-0.05, 0) is 45.7 Å². The zero-order valence-electron chi connectivity index (χ0n) is 13.3. The molecule has 0 aliphatic carbocycles. The lowest BCUT2D eigenvalue weighted by Gasteiger charge is -2.42. The first-order valence-electron chi connectivity index (χ1n) is 7.86. The minimum absolute atomic E-state index is 0.0273. The first-order valence-corrected chi connectivity index (χ1v) is 7.86. The van der Waals surface area contributed by atoms with Gasteiger partial charge in [-0.15, -0.1) is 0 Å². The maximum Gasteiger partial charge on any atom is 0.326 e. The Morgan fingerprint density at radius 3 is 2.24 bits per heavy atom. The number of amides is 2. The number of piperidine rings is 2. The number of carboxylic acid groups (broad SMARTS) is 1. The lowest BCUT2D eigenvalue weighted by Crippen LogP contribution is -2.57. The number of hydrogen-bond donors (Lipinski definition) is 1. The van der Waals surface area contributed by atoms with Crippen molar-refractivity contribution in [2.24, 2.45) is 5.92 Å². The zero-order valence-corrected chi connectivity index (χ0v) is 13.3. The zero-order chi connectivity index (χ0) is 15.6. The number of carbonyl (C=O) groups is 2. The van der Waals surface area contributed by atoms with Crippen LogP contribution in [0.25, 0.3) is 0 Å². The summed E-state index contributed by atoms with van der Waals surface area (Å²) in [6.07, 6.45) is 3.69. The van der Waals surface area contributed by atoms with E-state index in [1.54, 1.807) is 4.90 Å². The number of aliphatic carboxylic acids is 1. The van der Waals surface area contributed by atoms with E-state index in [4.69, 9.17) is 0 Å². The van der Waals surface area contributed by atoms with Gasteiger partial charge in [0.25, 0.3) is 0 Å². The highest BCUT2D eigenvalue weighted by atomic mass is 16.4.